The van der Waals surface area contributed by atoms with Crippen LogP contribution in [0.3, 0.4) is 0 Å². The molecular formula is C35H38N4O6. The van der Waals surface area contributed by atoms with E-state index in [0.29, 0.717) is 91.1 Å². The highest BCUT2D eigenvalue weighted by Gasteiger charge is 2.35. The van der Waals surface area contributed by atoms with Crippen LogP contribution in [0.25, 0.3) is 0 Å². The molecule has 6 rings (SSSR count). The molecule has 2 atom stereocenters. The van der Waals surface area contributed by atoms with Crippen LogP contribution in [-0.2, 0) is 0 Å². The molecule has 0 unspecified atom stereocenters. The summed E-state index contributed by atoms with van der Waals surface area (Å²) in [4.78, 5) is 39.5. The van der Waals surface area contributed by atoms with Crippen LogP contribution in [0, 0.1) is 5.92 Å². The van der Waals surface area contributed by atoms with Gasteiger partial charge in [0.2, 0.25) is 0 Å². The molecule has 10 heteroatoms. The first-order chi connectivity index (χ1) is 21.8. The van der Waals surface area contributed by atoms with Crippen molar-refractivity contribution < 1.29 is 28.5 Å². The van der Waals surface area contributed by atoms with Crippen LogP contribution in [0.4, 0.5) is 11.4 Å². The van der Waals surface area contributed by atoms with Crippen molar-refractivity contribution in [1.29, 1.82) is 0 Å². The molecule has 0 bridgehead atoms. The summed E-state index contributed by atoms with van der Waals surface area (Å²) in [6.07, 6.45) is 9.80. The van der Waals surface area contributed by atoms with Crippen LogP contribution >= 0.6 is 0 Å². The maximum Gasteiger partial charge on any atom is 0.257 e. The van der Waals surface area contributed by atoms with Crippen LogP contribution in [0.5, 0.6) is 23.0 Å². The lowest BCUT2D eigenvalue weighted by Gasteiger charge is -2.22. The minimum Gasteiger partial charge on any atom is -0.493 e. The lowest BCUT2D eigenvalue weighted by atomic mass is 10.1. The summed E-state index contributed by atoms with van der Waals surface area (Å²) in [5, 5.41) is 0. The number of rotatable bonds is 10. The second kappa shape index (κ2) is 12.6. The first-order valence-corrected chi connectivity index (χ1v) is 15.1. The monoisotopic (exact) mass is 610 g/mol. The SMILES string of the molecule is C=C1C[C@H]2C=Nc3cc(OCC(C/C=C\C)COc4cc5c(cc4OC)C(=O)N4CC(=C)C[C@H]4C=N5)c(OC)cc3C(=O)N2C1. The Morgan fingerprint density at radius 3 is 1.69 bits per heavy atom. The molecule has 0 N–H and O–H groups in total. The Labute approximate surface area is 263 Å². The molecule has 0 spiro atoms. The summed E-state index contributed by atoms with van der Waals surface area (Å²) in [6, 6.07) is 6.74. The number of carbonyl (C=O) groups is 2. The Hall–Kier alpha value is -4.86. The molecule has 2 aromatic rings. The molecule has 0 saturated carbocycles. The zero-order chi connectivity index (χ0) is 31.7. The highest BCUT2D eigenvalue weighted by molar-refractivity contribution is 6.04. The molecule has 2 saturated heterocycles. The molecule has 45 heavy (non-hydrogen) atoms. The fourth-order valence-electron chi connectivity index (χ4n) is 6.14. The molecule has 234 valence electrons. The van der Waals surface area contributed by atoms with E-state index in [1.807, 2.05) is 25.4 Å². The fraction of sp³-hybridized carbons (Fsp3) is 0.371. The van der Waals surface area contributed by atoms with Gasteiger partial charge in [0, 0.05) is 43.6 Å². The number of carbonyl (C=O) groups excluding carboxylic acids is 2. The van der Waals surface area contributed by atoms with Gasteiger partial charge >= 0.3 is 0 Å². The van der Waals surface area contributed by atoms with Crippen molar-refractivity contribution in [1.82, 2.24) is 9.80 Å². The van der Waals surface area contributed by atoms with Crippen molar-refractivity contribution in [3.63, 3.8) is 0 Å². The Morgan fingerprint density at radius 1 is 0.800 bits per heavy atom. The molecule has 2 amide bonds. The highest BCUT2D eigenvalue weighted by Crippen LogP contribution is 2.40. The quantitative estimate of drug-likeness (QED) is 0.319. The molecule has 2 aromatic carbocycles. The van der Waals surface area contributed by atoms with E-state index in [4.69, 9.17) is 18.9 Å². The third-order valence-corrected chi connectivity index (χ3v) is 8.56. The van der Waals surface area contributed by atoms with E-state index in [2.05, 4.69) is 29.2 Å². The molecule has 4 heterocycles. The van der Waals surface area contributed by atoms with Crippen molar-refractivity contribution in [3.05, 3.63) is 71.8 Å². The Bertz CT molecular complexity index is 1530. The van der Waals surface area contributed by atoms with Gasteiger partial charge in [-0.15, -0.1) is 0 Å². The Kier molecular flexibility index (Phi) is 8.47. The maximum atomic E-state index is 13.3. The molecule has 0 aliphatic carbocycles. The number of aliphatic imine (C=N–C) groups is 2. The van der Waals surface area contributed by atoms with Crippen molar-refractivity contribution in [2.45, 2.75) is 38.3 Å². The van der Waals surface area contributed by atoms with Crippen molar-refractivity contribution in [3.8, 4) is 23.0 Å². The molecule has 0 aromatic heterocycles. The highest BCUT2D eigenvalue weighted by atomic mass is 16.5. The van der Waals surface area contributed by atoms with Gasteiger partial charge in [-0.05, 0) is 38.3 Å². The number of amides is 2. The minimum atomic E-state index is -0.0963. The number of hydrogen-bond donors (Lipinski definition) is 0. The third kappa shape index (κ3) is 5.96. The fourth-order valence-corrected chi connectivity index (χ4v) is 6.14. The van der Waals surface area contributed by atoms with Crippen LogP contribution in [0.2, 0.25) is 0 Å². The summed E-state index contributed by atoms with van der Waals surface area (Å²) in [6.45, 7) is 11.7. The summed E-state index contributed by atoms with van der Waals surface area (Å²) < 4.78 is 23.9. The maximum absolute atomic E-state index is 13.3. The van der Waals surface area contributed by atoms with E-state index in [9.17, 15) is 9.59 Å². The lowest BCUT2D eigenvalue weighted by Crippen LogP contribution is -2.35. The van der Waals surface area contributed by atoms with Crippen LogP contribution in [0.15, 0.2) is 70.7 Å². The zero-order valence-electron chi connectivity index (χ0n) is 26.0. The molecule has 0 radical (unpaired) electrons. The van der Waals surface area contributed by atoms with Crippen molar-refractivity contribution in [2.75, 3.05) is 40.5 Å². The van der Waals surface area contributed by atoms with Gasteiger partial charge in [0.25, 0.3) is 11.8 Å². The first-order valence-electron chi connectivity index (χ1n) is 15.1. The lowest BCUT2D eigenvalue weighted by molar-refractivity contribution is 0.0770. The summed E-state index contributed by atoms with van der Waals surface area (Å²) in [5.41, 5.74) is 4.08. The van der Waals surface area contributed by atoms with E-state index < -0.39 is 0 Å². The van der Waals surface area contributed by atoms with Gasteiger partial charge in [0.05, 0.1) is 62.0 Å². The summed E-state index contributed by atoms with van der Waals surface area (Å²) in [7, 11) is 3.11. The van der Waals surface area contributed by atoms with Gasteiger partial charge in [0.1, 0.15) is 0 Å². The van der Waals surface area contributed by atoms with Gasteiger partial charge in [-0.3, -0.25) is 19.6 Å². The molecule has 4 aliphatic rings. The molecule has 2 fully saturated rings. The second-order valence-electron chi connectivity index (χ2n) is 11.8. The summed E-state index contributed by atoms with van der Waals surface area (Å²) in [5.74, 6) is 1.67. The number of benzene rings is 2. The van der Waals surface area contributed by atoms with E-state index in [0.717, 1.165) is 11.1 Å². The average Bonchev–Trinajstić information content (AvgIpc) is 3.55. The van der Waals surface area contributed by atoms with E-state index >= 15 is 0 Å². The van der Waals surface area contributed by atoms with Gasteiger partial charge in [-0.2, -0.15) is 0 Å². The van der Waals surface area contributed by atoms with Gasteiger partial charge in [-0.1, -0.05) is 36.5 Å². The molecule has 4 aliphatic heterocycles. The zero-order valence-corrected chi connectivity index (χ0v) is 26.0. The van der Waals surface area contributed by atoms with E-state index in [1.54, 1.807) is 48.3 Å². The first kappa shape index (κ1) is 30.2. The number of nitrogens with zero attached hydrogens (tertiary/aromatic N) is 4. The molecule has 10 nitrogen and oxygen atoms in total. The topological polar surface area (TPSA) is 102 Å². The number of allylic oxidation sites excluding steroid dienone is 2. The third-order valence-electron chi connectivity index (χ3n) is 8.56. The van der Waals surface area contributed by atoms with Crippen LogP contribution < -0.4 is 18.9 Å². The number of ether oxygens (including phenoxy) is 4. The minimum absolute atomic E-state index is 0.0449. The van der Waals surface area contributed by atoms with E-state index in [-0.39, 0.29) is 29.8 Å². The number of hydrogen-bond acceptors (Lipinski definition) is 8. The van der Waals surface area contributed by atoms with Gasteiger partial charge < -0.3 is 28.7 Å². The van der Waals surface area contributed by atoms with Crippen LogP contribution in [0.1, 0.15) is 46.9 Å². The van der Waals surface area contributed by atoms with Gasteiger partial charge in [-0.25, -0.2) is 0 Å². The number of methoxy groups -OCH3 is 2. The summed E-state index contributed by atoms with van der Waals surface area (Å²) >= 11 is 0. The normalized spacial score (nSPS) is 20.3. The largest absolute Gasteiger partial charge is 0.493 e. The predicted octanol–water partition coefficient (Wildman–Crippen LogP) is 5.72. The predicted molar refractivity (Wildman–Crippen MR) is 173 cm³/mol. The van der Waals surface area contributed by atoms with E-state index in [1.165, 1.54) is 0 Å². The van der Waals surface area contributed by atoms with Crippen molar-refractivity contribution >= 4 is 35.6 Å². The Balaban J connectivity index is 1.19. The van der Waals surface area contributed by atoms with Gasteiger partial charge in [0.15, 0.2) is 23.0 Å². The smallest absolute Gasteiger partial charge is 0.257 e. The Morgan fingerprint density at radius 2 is 1.27 bits per heavy atom. The average molecular weight is 611 g/mol. The number of fused-ring (bicyclic) bond motifs is 4. The second-order valence-corrected chi connectivity index (χ2v) is 11.8. The van der Waals surface area contributed by atoms with Crippen molar-refractivity contribution in [2.24, 2.45) is 15.9 Å². The van der Waals surface area contributed by atoms with Crippen LogP contribution in [-0.4, -0.2) is 86.6 Å². The molecular weight excluding hydrogens is 572 g/mol. The standard InChI is InChI=1S/C35H38N4O6/c1-6-7-8-23(19-44-32-13-28-26(11-30(32)42-4)34(40)38-17-21(2)9-24(38)15-36-28)20-45-33-14-29-27(12-31(33)43-5)35(41)39-18-22(3)10-25(39)16-37-29/h6-7,11-16,23-25H,2-3,8-10,17-20H2,1,4-5H3/b7-6-/t24-,25-/m0/s1.